The van der Waals surface area contributed by atoms with Crippen LogP contribution in [0.2, 0.25) is 0 Å². The first kappa shape index (κ1) is 13.3. The molecule has 0 fully saturated rings. The van der Waals surface area contributed by atoms with E-state index in [1.165, 1.54) is 12.1 Å². The van der Waals surface area contributed by atoms with E-state index in [1.807, 2.05) is 0 Å². The predicted molar refractivity (Wildman–Crippen MR) is 71.8 cm³/mol. The standard InChI is InChI=1S/C13H16F2N2S/c1-2-3-11-8-17-13(18-11)16-7-9-4-5-10(14)6-12(9)15/h4-6,11H,2-3,7-8H2,1H3,(H,16,17). The Bertz CT molecular complexity index is 449. The number of halogens is 2. The molecule has 0 spiro atoms. The van der Waals surface area contributed by atoms with Crippen molar-refractivity contribution in [3.05, 3.63) is 35.4 Å². The molecule has 1 unspecified atom stereocenters. The summed E-state index contributed by atoms with van der Waals surface area (Å²) in [6, 6.07) is 3.63. The number of aliphatic imine (C=N–C) groups is 1. The van der Waals surface area contributed by atoms with Crippen LogP contribution < -0.4 is 5.32 Å². The van der Waals surface area contributed by atoms with Gasteiger partial charge in [0.15, 0.2) is 5.17 Å². The van der Waals surface area contributed by atoms with Crippen molar-refractivity contribution in [1.82, 2.24) is 5.32 Å². The Morgan fingerprint density at radius 3 is 3.00 bits per heavy atom. The van der Waals surface area contributed by atoms with Gasteiger partial charge in [-0.3, -0.25) is 4.99 Å². The maximum absolute atomic E-state index is 13.4. The lowest BCUT2D eigenvalue weighted by Crippen LogP contribution is -2.19. The number of rotatable bonds is 4. The fourth-order valence-corrected chi connectivity index (χ4v) is 2.95. The minimum Gasteiger partial charge on any atom is -0.361 e. The normalized spacial score (nSPS) is 18.8. The van der Waals surface area contributed by atoms with Crippen LogP contribution in [0.15, 0.2) is 23.2 Å². The van der Waals surface area contributed by atoms with E-state index in [0.717, 1.165) is 30.6 Å². The maximum atomic E-state index is 13.4. The van der Waals surface area contributed by atoms with Crippen molar-refractivity contribution in [2.24, 2.45) is 4.99 Å². The second-order valence-corrected chi connectivity index (χ2v) is 5.55. The van der Waals surface area contributed by atoms with Crippen molar-refractivity contribution < 1.29 is 8.78 Å². The van der Waals surface area contributed by atoms with Crippen LogP contribution in [0.3, 0.4) is 0 Å². The Morgan fingerprint density at radius 1 is 1.44 bits per heavy atom. The van der Waals surface area contributed by atoms with Crippen molar-refractivity contribution in [3.63, 3.8) is 0 Å². The number of nitrogens with one attached hydrogen (secondary N) is 1. The molecule has 1 N–H and O–H groups in total. The Kier molecular flexibility index (Phi) is 4.58. The highest BCUT2D eigenvalue weighted by molar-refractivity contribution is 8.14. The number of amidine groups is 1. The molecule has 2 nitrogen and oxygen atoms in total. The number of hydrogen-bond acceptors (Lipinski definition) is 3. The number of nitrogens with zero attached hydrogens (tertiary/aromatic N) is 1. The summed E-state index contributed by atoms with van der Waals surface area (Å²) < 4.78 is 26.1. The molecule has 1 atom stereocenters. The highest BCUT2D eigenvalue weighted by Crippen LogP contribution is 2.23. The Morgan fingerprint density at radius 2 is 2.28 bits per heavy atom. The van der Waals surface area contributed by atoms with E-state index in [1.54, 1.807) is 11.8 Å². The summed E-state index contributed by atoms with van der Waals surface area (Å²) >= 11 is 1.71. The van der Waals surface area contributed by atoms with Crippen molar-refractivity contribution in [3.8, 4) is 0 Å². The van der Waals surface area contributed by atoms with Crippen LogP contribution >= 0.6 is 11.8 Å². The van der Waals surface area contributed by atoms with Gasteiger partial charge in [-0.25, -0.2) is 8.78 Å². The van der Waals surface area contributed by atoms with Crippen LogP contribution in [0.5, 0.6) is 0 Å². The Hall–Kier alpha value is -1.10. The zero-order valence-corrected chi connectivity index (χ0v) is 11.1. The van der Waals surface area contributed by atoms with E-state index in [-0.39, 0.29) is 0 Å². The number of benzene rings is 1. The van der Waals surface area contributed by atoms with Gasteiger partial charge in [0.1, 0.15) is 11.6 Å². The van der Waals surface area contributed by atoms with E-state index >= 15 is 0 Å². The summed E-state index contributed by atoms with van der Waals surface area (Å²) in [5.74, 6) is -1.07. The fourth-order valence-electron chi connectivity index (χ4n) is 1.82. The first-order chi connectivity index (χ1) is 8.69. The lowest BCUT2D eigenvalue weighted by molar-refractivity contribution is 0.570. The summed E-state index contributed by atoms with van der Waals surface area (Å²) in [6.07, 6.45) is 2.29. The SMILES string of the molecule is CCCC1CN=C(NCc2ccc(F)cc2F)S1. The Balaban J connectivity index is 1.85. The van der Waals surface area contributed by atoms with Gasteiger partial charge < -0.3 is 5.32 Å². The highest BCUT2D eigenvalue weighted by Gasteiger charge is 2.18. The molecule has 1 heterocycles. The topological polar surface area (TPSA) is 24.4 Å². The molecule has 0 saturated heterocycles. The molecule has 5 heteroatoms. The molecule has 0 saturated carbocycles. The van der Waals surface area contributed by atoms with Crippen molar-refractivity contribution in [1.29, 1.82) is 0 Å². The summed E-state index contributed by atoms with van der Waals surface area (Å²) in [6.45, 7) is 3.32. The second kappa shape index (κ2) is 6.18. The summed E-state index contributed by atoms with van der Waals surface area (Å²) in [5.41, 5.74) is 0.457. The van der Waals surface area contributed by atoms with E-state index in [2.05, 4.69) is 17.2 Å². The maximum Gasteiger partial charge on any atom is 0.157 e. The van der Waals surface area contributed by atoms with Crippen LogP contribution in [0.4, 0.5) is 8.78 Å². The van der Waals surface area contributed by atoms with E-state index in [4.69, 9.17) is 0 Å². The van der Waals surface area contributed by atoms with E-state index in [0.29, 0.717) is 17.4 Å². The molecule has 0 bridgehead atoms. The molecule has 0 amide bonds. The van der Waals surface area contributed by atoms with E-state index < -0.39 is 11.6 Å². The third kappa shape index (κ3) is 3.45. The van der Waals surface area contributed by atoms with Crippen LogP contribution in [0.1, 0.15) is 25.3 Å². The number of hydrogen-bond donors (Lipinski definition) is 1. The molecule has 1 aromatic rings. The highest BCUT2D eigenvalue weighted by atomic mass is 32.2. The molecule has 1 aromatic carbocycles. The zero-order valence-electron chi connectivity index (χ0n) is 10.2. The van der Waals surface area contributed by atoms with Gasteiger partial charge in [0.25, 0.3) is 0 Å². The molecule has 18 heavy (non-hydrogen) atoms. The molecule has 2 rings (SSSR count). The van der Waals surface area contributed by atoms with Crippen LogP contribution in [0.25, 0.3) is 0 Å². The van der Waals surface area contributed by atoms with Crippen LogP contribution in [0, 0.1) is 11.6 Å². The molecule has 1 aliphatic heterocycles. The van der Waals surface area contributed by atoms with Gasteiger partial charge in [-0.05, 0) is 12.5 Å². The Labute approximate surface area is 110 Å². The molecule has 0 radical (unpaired) electrons. The van der Waals surface area contributed by atoms with Gasteiger partial charge in [0.2, 0.25) is 0 Å². The van der Waals surface area contributed by atoms with Gasteiger partial charge in [-0.15, -0.1) is 0 Å². The second-order valence-electron chi connectivity index (χ2n) is 4.26. The smallest absolute Gasteiger partial charge is 0.157 e. The minimum atomic E-state index is -0.549. The molecular formula is C13H16F2N2S. The van der Waals surface area contributed by atoms with Gasteiger partial charge in [-0.2, -0.15) is 0 Å². The first-order valence-corrected chi connectivity index (χ1v) is 6.96. The predicted octanol–water partition coefficient (Wildman–Crippen LogP) is 3.33. The van der Waals surface area contributed by atoms with Gasteiger partial charge >= 0.3 is 0 Å². The quantitative estimate of drug-likeness (QED) is 0.907. The lowest BCUT2D eigenvalue weighted by Gasteiger charge is -2.08. The monoisotopic (exact) mass is 270 g/mol. The first-order valence-electron chi connectivity index (χ1n) is 6.08. The van der Waals surface area contributed by atoms with E-state index in [9.17, 15) is 8.78 Å². The van der Waals surface area contributed by atoms with Gasteiger partial charge in [-0.1, -0.05) is 31.2 Å². The summed E-state index contributed by atoms with van der Waals surface area (Å²) in [5, 5.41) is 4.49. The largest absolute Gasteiger partial charge is 0.361 e. The molecule has 0 aromatic heterocycles. The third-order valence-corrected chi connectivity index (χ3v) is 3.99. The summed E-state index contributed by atoms with van der Waals surface area (Å²) in [7, 11) is 0. The van der Waals surface area contributed by atoms with Crippen LogP contribution in [-0.2, 0) is 6.54 Å². The zero-order chi connectivity index (χ0) is 13.0. The number of thioether (sulfide) groups is 1. The molecule has 0 aliphatic carbocycles. The average Bonchev–Trinajstić information content (AvgIpc) is 2.76. The average molecular weight is 270 g/mol. The van der Waals surface area contributed by atoms with Crippen molar-refractivity contribution in [2.75, 3.05) is 6.54 Å². The fraction of sp³-hybridized carbons (Fsp3) is 0.462. The minimum absolute atomic E-state index is 0.344. The van der Waals surface area contributed by atoms with Crippen molar-refractivity contribution in [2.45, 2.75) is 31.6 Å². The third-order valence-electron chi connectivity index (χ3n) is 2.77. The molecule has 98 valence electrons. The van der Waals surface area contributed by atoms with Crippen molar-refractivity contribution >= 4 is 16.9 Å². The van der Waals surface area contributed by atoms with Crippen LogP contribution in [-0.4, -0.2) is 17.0 Å². The summed E-state index contributed by atoms with van der Waals surface area (Å²) in [4.78, 5) is 4.37. The van der Waals surface area contributed by atoms with Gasteiger partial charge in [0, 0.05) is 23.4 Å². The lowest BCUT2D eigenvalue weighted by atomic mass is 10.2. The molecule has 1 aliphatic rings. The molecular weight excluding hydrogens is 254 g/mol. The van der Waals surface area contributed by atoms with Gasteiger partial charge in [0.05, 0.1) is 6.54 Å².